The molecular weight excluding hydrogens is 252 g/mol. The van der Waals surface area contributed by atoms with E-state index < -0.39 is 5.54 Å². The van der Waals surface area contributed by atoms with Gasteiger partial charge in [-0.05, 0) is 31.4 Å². The first kappa shape index (κ1) is 14.9. The van der Waals surface area contributed by atoms with Gasteiger partial charge < -0.3 is 15.8 Å². The molecule has 0 spiro atoms. The molecule has 0 aliphatic heterocycles. The van der Waals surface area contributed by atoms with Gasteiger partial charge in [0, 0.05) is 12.5 Å². The number of rotatable bonds is 6. The average molecular weight is 276 g/mol. The van der Waals surface area contributed by atoms with E-state index in [0.717, 1.165) is 24.2 Å². The summed E-state index contributed by atoms with van der Waals surface area (Å²) < 4.78 is 5.36. The summed E-state index contributed by atoms with van der Waals surface area (Å²) in [6.07, 6.45) is 5.23. The van der Waals surface area contributed by atoms with Crippen LogP contribution in [0.1, 0.15) is 38.2 Å². The van der Waals surface area contributed by atoms with Gasteiger partial charge in [0.2, 0.25) is 5.91 Å². The monoisotopic (exact) mass is 276 g/mol. The van der Waals surface area contributed by atoms with Gasteiger partial charge in [-0.15, -0.1) is 0 Å². The van der Waals surface area contributed by atoms with Crippen LogP contribution in [0.25, 0.3) is 0 Å². The molecule has 4 heteroatoms. The van der Waals surface area contributed by atoms with Crippen LogP contribution in [0.3, 0.4) is 0 Å². The Morgan fingerprint density at radius 2 is 2.05 bits per heavy atom. The summed E-state index contributed by atoms with van der Waals surface area (Å²) >= 11 is 0. The lowest BCUT2D eigenvalue weighted by Crippen LogP contribution is -2.57. The smallest absolute Gasteiger partial charge is 0.237 e. The number of carbonyl (C=O) groups is 1. The Morgan fingerprint density at radius 1 is 1.40 bits per heavy atom. The van der Waals surface area contributed by atoms with Crippen molar-refractivity contribution in [1.82, 2.24) is 5.32 Å². The highest BCUT2D eigenvalue weighted by Crippen LogP contribution is 2.26. The summed E-state index contributed by atoms with van der Waals surface area (Å²) in [7, 11) is 1.64. The summed E-state index contributed by atoms with van der Waals surface area (Å²) in [5.74, 6) is 0.489. The molecular formula is C16H24N2O2. The van der Waals surface area contributed by atoms with Crippen LogP contribution < -0.4 is 15.8 Å². The molecule has 1 unspecified atom stereocenters. The van der Waals surface area contributed by atoms with Gasteiger partial charge in [-0.3, -0.25) is 4.79 Å². The Hall–Kier alpha value is -1.55. The second kappa shape index (κ2) is 6.27. The number of methoxy groups -OCH3 is 1. The number of nitrogens with one attached hydrogen (secondary N) is 1. The lowest BCUT2D eigenvalue weighted by Gasteiger charge is -2.31. The van der Waals surface area contributed by atoms with Crippen molar-refractivity contribution < 1.29 is 9.53 Å². The van der Waals surface area contributed by atoms with Gasteiger partial charge in [0.25, 0.3) is 0 Å². The highest BCUT2D eigenvalue weighted by Gasteiger charge is 2.35. The van der Waals surface area contributed by atoms with Crippen molar-refractivity contribution in [3.8, 4) is 5.75 Å². The maximum atomic E-state index is 11.9. The minimum atomic E-state index is -0.733. The van der Waals surface area contributed by atoms with E-state index in [0.29, 0.717) is 12.5 Å². The van der Waals surface area contributed by atoms with E-state index in [1.54, 1.807) is 7.11 Å². The number of nitrogens with two attached hydrogens (primary N) is 1. The molecule has 110 valence electrons. The normalized spacial score (nSPS) is 18.7. The molecule has 2 rings (SSSR count). The number of ether oxygens (including phenoxy) is 1. The van der Waals surface area contributed by atoms with Gasteiger partial charge >= 0.3 is 0 Å². The van der Waals surface area contributed by atoms with Crippen LogP contribution in [-0.2, 0) is 11.2 Å². The van der Waals surface area contributed by atoms with Crippen molar-refractivity contribution in [3.05, 3.63) is 29.8 Å². The number of amides is 1. The van der Waals surface area contributed by atoms with E-state index in [1.807, 2.05) is 31.2 Å². The van der Waals surface area contributed by atoms with Gasteiger partial charge in [-0.2, -0.15) is 0 Å². The zero-order valence-corrected chi connectivity index (χ0v) is 12.3. The topological polar surface area (TPSA) is 64.3 Å². The van der Waals surface area contributed by atoms with Crippen molar-refractivity contribution in [2.75, 3.05) is 7.11 Å². The standard InChI is InChI=1S/C16H24N2O2/c1-16(15(17)19,18-13-8-4-5-9-13)11-12-7-3-6-10-14(12)20-2/h3,6-7,10,13,18H,4-5,8-9,11H2,1-2H3,(H2,17,19). The third kappa shape index (κ3) is 3.31. The fourth-order valence-electron chi connectivity index (χ4n) is 2.96. The third-order valence-electron chi connectivity index (χ3n) is 4.16. The lowest BCUT2D eigenvalue weighted by atomic mass is 9.90. The molecule has 3 N–H and O–H groups in total. The van der Waals surface area contributed by atoms with E-state index in [9.17, 15) is 4.79 Å². The molecule has 1 atom stereocenters. The van der Waals surface area contributed by atoms with Crippen molar-refractivity contribution in [3.63, 3.8) is 0 Å². The molecule has 0 aromatic heterocycles. The van der Waals surface area contributed by atoms with Crippen LogP contribution in [0.5, 0.6) is 5.75 Å². The van der Waals surface area contributed by atoms with Gasteiger partial charge in [0.15, 0.2) is 0 Å². The Balaban J connectivity index is 2.17. The summed E-state index contributed by atoms with van der Waals surface area (Å²) in [4.78, 5) is 11.9. The Labute approximate surface area is 120 Å². The van der Waals surface area contributed by atoms with E-state index in [-0.39, 0.29) is 5.91 Å². The predicted octanol–water partition coefficient (Wildman–Crippen LogP) is 2.01. The molecule has 20 heavy (non-hydrogen) atoms. The van der Waals surface area contributed by atoms with Gasteiger partial charge in [-0.25, -0.2) is 0 Å². The molecule has 1 aliphatic carbocycles. The molecule has 1 aromatic carbocycles. The molecule has 1 aromatic rings. The number of hydrogen-bond donors (Lipinski definition) is 2. The molecule has 0 saturated heterocycles. The molecule has 0 radical (unpaired) electrons. The van der Waals surface area contributed by atoms with Crippen LogP contribution in [0.2, 0.25) is 0 Å². The Bertz CT molecular complexity index is 469. The van der Waals surface area contributed by atoms with Crippen LogP contribution in [0.15, 0.2) is 24.3 Å². The number of benzene rings is 1. The van der Waals surface area contributed by atoms with Crippen LogP contribution >= 0.6 is 0 Å². The first-order valence-electron chi connectivity index (χ1n) is 7.24. The van der Waals surface area contributed by atoms with Gasteiger partial charge in [-0.1, -0.05) is 31.0 Å². The molecule has 1 amide bonds. The van der Waals surface area contributed by atoms with Crippen LogP contribution in [-0.4, -0.2) is 24.6 Å². The fraction of sp³-hybridized carbons (Fsp3) is 0.562. The first-order valence-corrected chi connectivity index (χ1v) is 7.24. The molecule has 0 bridgehead atoms. The average Bonchev–Trinajstić information content (AvgIpc) is 2.91. The second-order valence-corrected chi connectivity index (χ2v) is 5.81. The van der Waals surface area contributed by atoms with E-state index in [1.165, 1.54) is 12.8 Å². The van der Waals surface area contributed by atoms with Crippen LogP contribution in [0, 0.1) is 0 Å². The van der Waals surface area contributed by atoms with Gasteiger partial charge in [0.1, 0.15) is 5.75 Å². The van der Waals surface area contributed by atoms with Crippen molar-refractivity contribution in [1.29, 1.82) is 0 Å². The minimum Gasteiger partial charge on any atom is -0.496 e. The minimum absolute atomic E-state index is 0.310. The highest BCUT2D eigenvalue weighted by molar-refractivity contribution is 5.84. The number of hydrogen-bond acceptors (Lipinski definition) is 3. The largest absolute Gasteiger partial charge is 0.496 e. The molecule has 1 aliphatic rings. The summed E-state index contributed by atoms with van der Waals surface area (Å²) in [5.41, 5.74) is 5.92. The van der Waals surface area contributed by atoms with Crippen molar-refractivity contribution in [2.45, 2.75) is 50.6 Å². The summed E-state index contributed by atoms with van der Waals surface area (Å²) in [6, 6.07) is 8.16. The number of primary amides is 1. The fourth-order valence-corrected chi connectivity index (χ4v) is 2.96. The van der Waals surface area contributed by atoms with E-state index in [4.69, 9.17) is 10.5 Å². The lowest BCUT2D eigenvalue weighted by molar-refractivity contribution is -0.124. The number of carbonyl (C=O) groups excluding carboxylic acids is 1. The maximum Gasteiger partial charge on any atom is 0.237 e. The maximum absolute atomic E-state index is 11.9. The zero-order valence-electron chi connectivity index (χ0n) is 12.3. The molecule has 4 nitrogen and oxygen atoms in total. The Morgan fingerprint density at radius 3 is 2.65 bits per heavy atom. The summed E-state index contributed by atoms with van der Waals surface area (Å²) in [6.45, 7) is 1.89. The predicted molar refractivity (Wildman–Crippen MR) is 79.7 cm³/mol. The molecule has 1 saturated carbocycles. The molecule has 0 heterocycles. The van der Waals surface area contributed by atoms with Crippen LogP contribution in [0.4, 0.5) is 0 Å². The number of para-hydroxylation sites is 1. The highest BCUT2D eigenvalue weighted by atomic mass is 16.5. The third-order valence-corrected chi connectivity index (χ3v) is 4.16. The molecule has 1 fully saturated rings. The van der Waals surface area contributed by atoms with E-state index in [2.05, 4.69) is 5.32 Å². The van der Waals surface area contributed by atoms with Crippen molar-refractivity contribution >= 4 is 5.91 Å². The first-order chi connectivity index (χ1) is 9.55. The summed E-state index contributed by atoms with van der Waals surface area (Å²) in [5, 5.41) is 3.46. The van der Waals surface area contributed by atoms with Crippen molar-refractivity contribution in [2.24, 2.45) is 5.73 Å². The second-order valence-electron chi connectivity index (χ2n) is 5.81. The Kier molecular flexibility index (Phi) is 4.65. The zero-order chi connectivity index (χ0) is 14.6. The van der Waals surface area contributed by atoms with Gasteiger partial charge in [0.05, 0.1) is 12.6 Å². The van der Waals surface area contributed by atoms with E-state index >= 15 is 0 Å². The SMILES string of the molecule is COc1ccccc1CC(C)(NC1CCCC1)C(N)=O. The quantitative estimate of drug-likeness (QED) is 0.835.